The van der Waals surface area contributed by atoms with E-state index in [4.69, 9.17) is 9.72 Å². The molecule has 5 heteroatoms. The highest BCUT2D eigenvalue weighted by Gasteiger charge is 2.77. The molecule has 10 rings (SSSR count). The van der Waals surface area contributed by atoms with Crippen LogP contribution in [0, 0.1) is 6.67 Å². The van der Waals surface area contributed by atoms with E-state index in [2.05, 4.69) is 190 Å². The van der Waals surface area contributed by atoms with E-state index >= 15 is 0 Å². The Bertz CT molecular complexity index is 2650. The third kappa shape index (κ3) is 4.32. The normalized spacial score (nSPS) is 19.0. The van der Waals surface area contributed by atoms with Crippen molar-refractivity contribution in [1.29, 1.82) is 0 Å². The number of benzene rings is 6. The smallest absolute Gasteiger partial charge is 0.225 e. The Balaban J connectivity index is 1.04. The molecule has 0 bridgehead atoms. The van der Waals surface area contributed by atoms with Crippen molar-refractivity contribution < 1.29 is 4.74 Å². The summed E-state index contributed by atoms with van der Waals surface area (Å²) in [6.45, 7) is 9.13. The molecule has 0 spiro atoms. The van der Waals surface area contributed by atoms with Crippen LogP contribution in [0.3, 0.4) is 0 Å². The summed E-state index contributed by atoms with van der Waals surface area (Å²) in [4.78, 5) is 4.86. The molecule has 0 saturated carbocycles. The van der Waals surface area contributed by atoms with Crippen LogP contribution in [0.2, 0.25) is 0 Å². The van der Waals surface area contributed by atoms with E-state index in [-0.39, 0.29) is 5.41 Å². The molecule has 2 aromatic heterocycles. The summed E-state index contributed by atoms with van der Waals surface area (Å²) >= 11 is 0. The van der Waals surface area contributed by atoms with Crippen molar-refractivity contribution in [3.63, 3.8) is 0 Å². The van der Waals surface area contributed by atoms with Crippen LogP contribution in [0.4, 0.5) is 22.7 Å². The molecule has 0 aliphatic carbocycles. The van der Waals surface area contributed by atoms with Gasteiger partial charge in [0.15, 0.2) is 18.0 Å². The average Bonchev–Trinajstić information content (AvgIpc) is 3.66. The fourth-order valence-electron chi connectivity index (χ4n) is 8.15. The molecule has 2 aliphatic heterocycles. The van der Waals surface area contributed by atoms with Gasteiger partial charge in [0.1, 0.15) is 17.3 Å². The quantitative estimate of drug-likeness (QED) is 0.101. The summed E-state index contributed by atoms with van der Waals surface area (Å²) < 4.78 is 10.2. The summed E-state index contributed by atoms with van der Waals surface area (Å²) in [6.07, 6.45) is 1.92. The molecule has 2 atom stereocenters. The Morgan fingerprint density at radius 2 is 1.20 bits per heavy atom. The maximum atomic E-state index is 6.71. The molecule has 5 nitrogen and oxygen atoms in total. The minimum Gasteiger partial charge on any atom is -0.457 e. The molecule has 51 heavy (non-hydrogen) atoms. The fraction of sp³-hybridized carbons (Fsp3) is 0.0870. The second-order valence-corrected chi connectivity index (χ2v) is 14.7. The van der Waals surface area contributed by atoms with Crippen LogP contribution in [0.1, 0.15) is 26.3 Å². The zero-order valence-electron chi connectivity index (χ0n) is 28.9. The number of hydrogen-bond donors (Lipinski definition) is 0. The number of nitrogens with zero attached hydrogens (tertiary/aromatic N) is 4. The van der Waals surface area contributed by atoms with Gasteiger partial charge in [-0.1, -0.05) is 99.6 Å². The summed E-state index contributed by atoms with van der Waals surface area (Å²) in [5.41, 5.74) is 10.9. The first kappa shape index (κ1) is 29.9. The van der Waals surface area contributed by atoms with Crippen molar-refractivity contribution in [3.8, 4) is 28.4 Å². The topological polar surface area (TPSA) is 27.1 Å². The Morgan fingerprint density at radius 1 is 0.549 bits per heavy atom. The van der Waals surface area contributed by atoms with Crippen LogP contribution >= 0.6 is 0 Å². The summed E-state index contributed by atoms with van der Waals surface area (Å²) in [7, 11) is 0. The number of quaternary nitrogens is 2. The number of ether oxygens (including phenoxy) is 1. The number of pyridine rings is 1. The Morgan fingerprint density at radius 3 is 1.98 bits per heavy atom. The van der Waals surface area contributed by atoms with Gasteiger partial charge in [-0.15, -0.1) is 0 Å². The summed E-state index contributed by atoms with van der Waals surface area (Å²) in [6, 6.07) is 56.2. The average molecular weight is 662 g/mol. The van der Waals surface area contributed by atoms with Gasteiger partial charge in [-0.2, -0.15) is 9.18 Å². The molecular weight excluding hydrogens is 625 g/mol. The van der Waals surface area contributed by atoms with Gasteiger partial charge in [-0.05, 0) is 58.5 Å². The van der Waals surface area contributed by atoms with Gasteiger partial charge >= 0.3 is 0 Å². The van der Waals surface area contributed by atoms with Crippen LogP contribution in [-0.4, -0.2) is 9.55 Å². The molecule has 1 saturated heterocycles. The van der Waals surface area contributed by atoms with Gasteiger partial charge in [0.2, 0.25) is 11.4 Å². The third-order valence-electron chi connectivity index (χ3n) is 10.7. The van der Waals surface area contributed by atoms with E-state index in [1.165, 1.54) is 44.5 Å². The summed E-state index contributed by atoms with van der Waals surface area (Å²) in [5, 5.41) is 2.36. The van der Waals surface area contributed by atoms with E-state index in [9.17, 15) is 0 Å². The summed E-state index contributed by atoms with van der Waals surface area (Å²) in [5.74, 6) is 2.49. The zero-order valence-corrected chi connectivity index (χ0v) is 28.9. The van der Waals surface area contributed by atoms with Crippen LogP contribution in [0.25, 0.3) is 38.8 Å². The number of rotatable bonds is 6. The second kappa shape index (κ2) is 10.7. The maximum absolute atomic E-state index is 6.71. The fourth-order valence-corrected chi connectivity index (χ4v) is 8.15. The number of para-hydroxylation sites is 3. The lowest BCUT2D eigenvalue weighted by atomic mass is 9.88. The van der Waals surface area contributed by atoms with Crippen LogP contribution in [0.5, 0.6) is 11.5 Å². The Labute approximate surface area is 298 Å². The van der Waals surface area contributed by atoms with Crippen LogP contribution in [0.15, 0.2) is 164 Å². The molecule has 4 heterocycles. The molecule has 246 valence electrons. The standard InChI is InChI=1S/C46H37N4O/c1-46(2,3)34-25-26-47-45(28-34)48-41-20-8-7-19-39(41)40-24-23-38(30-42(40)48)51-37-18-12-17-36(29-37)50-31-49(50,43-21-9-10-22-44(43)50)35-16-11-15-33(27-35)32-13-5-4-6-14-32/h4-31H,1-3H3/q+1/t49-,50?/m0/s1. The van der Waals surface area contributed by atoms with E-state index in [1.807, 2.05) is 6.20 Å². The van der Waals surface area contributed by atoms with Crippen molar-refractivity contribution in [2.24, 2.45) is 0 Å². The highest BCUT2D eigenvalue weighted by atomic mass is 16.5. The van der Waals surface area contributed by atoms with Crippen LogP contribution in [-0.2, 0) is 5.41 Å². The number of fused-ring (bicyclic) bond motifs is 7. The first-order valence-electron chi connectivity index (χ1n) is 17.6. The third-order valence-corrected chi connectivity index (χ3v) is 10.7. The highest BCUT2D eigenvalue weighted by molar-refractivity contribution is 6.09. The highest BCUT2D eigenvalue weighted by Crippen LogP contribution is 2.75. The predicted molar refractivity (Wildman–Crippen MR) is 209 cm³/mol. The SMILES string of the molecule is CC(C)(C)c1ccnc(-n2c3ccccc3c3ccc(Oc4cccc([N+]56[CH-][N@+]5(c5cccc(-c7ccccc7)c5)c5ccccc56)c4)cc32)c1. The van der Waals surface area contributed by atoms with Gasteiger partial charge in [-0.3, -0.25) is 4.57 Å². The van der Waals surface area contributed by atoms with Gasteiger partial charge in [-0.25, -0.2) is 4.98 Å². The number of hydrogen-bond acceptors (Lipinski definition) is 2. The minimum absolute atomic E-state index is 0.00862. The van der Waals surface area contributed by atoms with Gasteiger partial charge in [0.05, 0.1) is 11.0 Å². The van der Waals surface area contributed by atoms with E-state index in [0.717, 1.165) is 34.0 Å². The number of aromatic nitrogens is 2. The first-order chi connectivity index (χ1) is 24.9. The Kier molecular flexibility index (Phi) is 6.29. The maximum Gasteiger partial charge on any atom is 0.225 e. The van der Waals surface area contributed by atoms with Gasteiger partial charge < -0.3 is 4.74 Å². The lowest BCUT2D eigenvalue weighted by molar-refractivity contribution is 0.424. The monoisotopic (exact) mass is 661 g/mol. The minimum atomic E-state index is 0.00862. The largest absolute Gasteiger partial charge is 0.457 e. The molecule has 1 fully saturated rings. The van der Waals surface area contributed by atoms with Crippen molar-refractivity contribution >= 4 is 44.6 Å². The van der Waals surface area contributed by atoms with Crippen molar-refractivity contribution in [2.75, 3.05) is 0 Å². The molecule has 0 amide bonds. The van der Waals surface area contributed by atoms with Crippen LogP contribution < -0.4 is 13.9 Å². The lowest BCUT2D eigenvalue weighted by Gasteiger charge is -2.39. The molecular formula is C46H37N4O+. The van der Waals surface area contributed by atoms with E-state index in [1.54, 1.807) is 0 Å². The lowest BCUT2D eigenvalue weighted by Crippen LogP contribution is -2.46. The molecule has 0 N–H and O–H groups in total. The van der Waals surface area contributed by atoms with E-state index in [0.29, 0.717) is 9.18 Å². The molecule has 2 aliphatic rings. The molecule has 1 unspecified atom stereocenters. The molecule has 6 aromatic carbocycles. The van der Waals surface area contributed by atoms with Gasteiger partial charge in [0.25, 0.3) is 0 Å². The molecule has 8 aromatic rings. The van der Waals surface area contributed by atoms with Crippen molar-refractivity contribution in [2.45, 2.75) is 26.2 Å². The van der Waals surface area contributed by atoms with Crippen molar-refractivity contribution in [1.82, 2.24) is 18.7 Å². The predicted octanol–water partition coefficient (Wildman–Crippen LogP) is 12.3. The Hall–Kier alpha value is -6.01. The first-order valence-corrected chi connectivity index (χ1v) is 17.6. The van der Waals surface area contributed by atoms with Gasteiger partial charge in [0, 0.05) is 59.4 Å². The van der Waals surface area contributed by atoms with Crippen molar-refractivity contribution in [3.05, 3.63) is 176 Å². The second-order valence-electron chi connectivity index (χ2n) is 14.7. The van der Waals surface area contributed by atoms with E-state index < -0.39 is 0 Å². The molecule has 0 radical (unpaired) electrons. The zero-order chi connectivity index (χ0) is 34.4.